The highest BCUT2D eigenvalue weighted by molar-refractivity contribution is 5.92. The standard InChI is InChI=1S/C24H25N5O3/c30-24(26-21-8-6-20(7-9-21)25-19-4-2-1-3-5-19)18-27-14-16-28(17-15-27)22-10-12-23(13-11-22)29(31)32/h1-13,25H,14-18H2,(H,26,30). The molecule has 0 aromatic heterocycles. The Kier molecular flexibility index (Phi) is 6.62. The number of amides is 1. The number of benzene rings is 3. The van der Waals surface area contributed by atoms with Crippen LogP contribution >= 0.6 is 0 Å². The molecule has 1 saturated heterocycles. The number of carbonyl (C=O) groups is 1. The van der Waals surface area contributed by atoms with Gasteiger partial charge < -0.3 is 15.5 Å². The van der Waals surface area contributed by atoms with Crippen LogP contribution in [0.15, 0.2) is 78.9 Å². The van der Waals surface area contributed by atoms with Crippen LogP contribution in [0.5, 0.6) is 0 Å². The first-order valence-electron chi connectivity index (χ1n) is 10.5. The maximum Gasteiger partial charge on any atom is 0.269 e. The Morgan fingerprint density at radius 3 is 2.03 bits per heavy atom. The van der Waals surface area contributed by atoms with Gasteiger partial charge in [-0.2, -0.15) is 0 Å². The van der Waals surface area contributed by atoms with Gasteiger partial charge in [0, 0.05) is 61.1 Å². The highest BCUT2D eigenvalue weighted by Gasteiger charge is 2.20. The molecule has 0 aliphatic carbocycles. The molecule has 1 aliphatic rings. The molecule has 0 saturated carbocycles. The Hall–Kier alpha value is -3.91. The van der Waals surface area contributed by atoms with E-state index >= 15 is 0 Å². The van der Waals surface area contributed by atoms with Crippen LogP contribution in [0, 0.1) is 10.1 Å². The maximum absolute atomic E-state index is 12.5. The number of rotatable bonds is 7. The molecule has 0 radical (unpaired) electrons. The number of piperazine rings is 1. The molecule has 1 heterocycles. The van der Waals surface area contributed by atoms with Crippen molar-refractivity contribution >= 4 is 34.3 Å². The summed E-state index contributed by atoms with van der Waals surface area (Å²) in [7, 11) is 0. The SMILES string of the molecule is O=C(CN1CCN(c2ccc([N+](=O)[O-])cc2)CC1)Nc1ccc(Nc2ccccc2)cc1. The van der Waals surface area contributed by atoms with E-state index in [1.165, 1.54) is 12.1 Å². The lowest BCUT2D eigenvalue weighted by Crippen LogP contribution is -2.48. The molecule has 1 fully saturated rings. The van der Waals surface area contributed by atoms with E-state index in [1.807, 2.05) is 54.6 Å². The lowest BCUT2D eigenvalue weighted by Gasteiger charge is -2.35. The molecule has 0 atom stereocenters. The van der Waals surface area contributed by atoms with Crippen LogP contribution in [0.2, 0.25) is 0 Å². The third kappa shape index (κ3) is 5.61. The minimum atomic E-state index is -0.395. The third-order valence-electron chi connectivity index (χ3n) is 5.40. The van der Waals surface area contributed by atoms with Crippen LogP contribution in [0.3, 0.4) is 0 Å². The minimum absolute atomic E-state index is 0.0439. The lowest BCUT2D eigenvalue weighted by molar-refractivity contribution is -0.384. The van der Waals surface area contributed by atoms with Crippen molar-refractivity contribution in [3.63, 3.8) is 0 Å². The van der Waals surface area contributed by atoms with Crippen molar-refractivity contribution in [2.45, 2.75) is 0 Å². The Bertz CT molecular complexity index is 1050. The Labute approximate surface area is 186 Å². The van der Waals surface area contributed by atoms with Crippen LogP contribution in [-0.2, 0) is 4.79 Å². The van der Waals surface area contributed by atoms with Gasteiger partial charge in [0.05, 0.1) is 11.5 Å². The van der Waals surface area contributed by atoms with Crippen molar-refractivity contribution in [2.24, 2.45) is 0 Å². The second kappa shape index (κ2) is 9.93. The second-order valence-electron chi connectivity index (χ2n) is 7.65. The number of anilines is 4. The van der Waals surface area contributed by atoms with Gasteiger partial charge in [0.15, 0.2) is 0 Å². The molecule has 4 rings (SSSR count). The summed E-state index contributed by atoms with van der Waals surface area (Å²) in [6.45, 7) is 3.38. The molecule has 8 heteroatoms. The van der Waals surface area contributed by atoms with Crippen LogP contribution in [-0.4, -0.2) is 48.5 Å². The fourth-order valence-corrected chi connectivity index (χ4v) is 3.68. The number of hydrogen-bond acceptors (Lipinski definition) is 6. The molecular formula is C24H25N5O3. The Morgan fingerprint density at radius 2 is 1.41 bits per heavy atom. The van der Waals surface area contributed by atoms with E-state index in [1.54, 1.807) is 12.1 Å². The fraction of sp³-hybridized carbons (Fsp3) is 0.208. The summed E-state index contributed by atoms with van der Waals surface area (Å²) in [5.41, 5.74) is 3.78. The van der Waals surface area contributed by atoms with Gasteiger partial charge in [-0.05, 0) is 48.5 Å². The van der Waals surface area contributed by atoms with Crippen LogP contribution < -0.4 is 15.5 Å². The largest absolute Gasteiger partial charge is 0.369 e. The van der Waals surface area contributed by atoms with E-state index in [-0.39, 0.29) is 11.6 Å². The molecular weight excluding hydrogens is 406 g/mol. The first-order valence-corrected chi connectivity index (χ1v) is 10.5. The van der Waals surface area contributed by atoms with Crippen molar-refractivity contribution < 1.29 is 9.72 Å². The van der Waals surface area contributed by atoms with Gasteiger partial charge >= 0.3 is 0 Å². The van der Waals surface area contributed by atoms with Gasteiger partial charge in [0.1, 0.15) is 0 Å². The summed E-state index contributed by atoms with van der Waals surface area (Å²) in [5.74, 6) is -0.0439. The molecule has 1 aliphatic heterocycles. The van der Waals surface area contributed by atoms with Crippen LogP contribution in [0.4, 0.5) is 28.4 Å². The molecule has 164 valence electrons. The number of para-hydroxylation sites is 1. The third-order valence-corrected chi connectivity index (χ3v) is 5.40. The zero-order valence-corrected chi connectivity index (χ0v) is 17.6. The highest BCUT2D eigenvalue weighted by Crippen LogP contribution is 2.21. The average molecular weight is 431 g/mol. The highest BCUT2D eigenvalue weighted by atomic mass is 16.6. The van der Waals surface area contributed by atoms with E-state index in [2.05, 4.69) is 20.4 Å². The maximum atomic E-state index is 12.5. The van der Waals surface area contributed by atoms with E-state index < -0.39 is 4.92 Å². The molecule has 3 aromatic carbocycles. The van der Waals surface area contributed by atoms with Crippen LogP contribution in [0.25, 0.3) is 0 Å². The first kappa shape index (κ1) is 21.3. The summed E-state index contributed by atoms with van der Waals surface area (Å²) in [4.78, 5) is 27.2. The quantitative estimate of drug-likeness (QED) is 0.432. The summed E-state index contributed by atoms with van der Waals surface area (Å²) in [6, 6.07) is 24.2. The number of nitro groups is 1. The number of nitrogens with one attached hydrogen (secondary N) is 2. The van der Waals surface area contributed by atoms with Crippen molar-refractivity contribution in [3.8, 4) is 0 Å². The zero-order chi connectivity index (χ0) is 22.3. The Balaban J connectivity index is 1.23. The normalized spacial score (nSPS) is 14.1. The van der Waals surface area contributed by atoms with Gasteiger partial charge in [-0.1, -0.05) is 18.2 Å². The molecule has 1 amide bonds. The second-order valence-corrected chi connectivity index (χ2v) is 7.65. The number of nitro benzene ring substituents is 1. The molecule has 8 nitrogen and oxygen atoms in total. The van der Waals surface area contributed by atoms with E-state index in [4.69, 9.17) is 0 Å². The number of non-ortho nitro benzene ring substituents is 1. The smallest absolute Gasteiger partial charge is 0.269 e. The van der Waals surface area contributed by atoms with E-state index in [0.29, 0.717) is 6.54 Å². The van der Waals surface area contributed by atoms with E-state index in [0.717, 1.165) is 48.9 Å². The minimum Gasteiger partial charge on any atom is -0.369 e. The summed E-state index contributed by atoms with van der Waals surface area (Å²) in [6.07, 6.45) is 0. The molecule has 0 spiro atoms. The van der Waals surface area contributed by atoms with Crippen molar-refractivity contribution in [2.75, 3.05) is 48.3 Å². The van der Waals surface area contributed by atoms with E-state index in [9.17, 15) is 14.9 Å². The van der Waals surface area contributed by atoms with Gasteiger partial charge in [-0.25, -0.2) is 0 Å². The van der Waals surface area contributed by atoms with Gasteiger partial charge in [0.25, 0.3) is 5.69 Å². The molecule has 2 N–H and O–H groups in total. The summed E-state index contributed by atoms with van der Waals surface area (Å²) < 4.78 is 0. The lowest BCUT2D eigenvalue weighted by atomic mass is 10.2. The molecule has 3 aromatic rings. The fourth-order valence-electron chi connectivity index (χ4n) is 3.68. The van der Waals surface area contributed by atoms with Gasteiger partial charge in [-0.3, -0.25) is 19.8 Å². The Morgan fingerprint density at radius 1 is 0.812 bits per heavy atom. The van der Waals surface area contributed by atoms with Crippen molar-refractivity contribution in [1.82, 2.24) is 4.90 Å². The van der Waals surface area contributed by atoms with Crippen LogP contribution in [0.1, 0.15) is 0 Å². The summed E-state index contributed by atoms with van der Waals surface area (Å²) >= 11 is 0. The van der Waals surface area contributed by atoms with Gasteiger partial charge in [0.2, 0.25) is 5.91 Å². The molecule has 32 heavy (non-hydrogen) atoms. The van der Waals surface area contributed by atoms with Crippen molar-refractivity contribution in [1.29, 1.82) is 0 Å². The predicted molar refractivity (Wildman–Crippen MR) is 127 cm³/mol. The molecule has 0 bridgehead atoms. The first-order chi connectivity index (χ1) is 15.6. The zero-order valence-electron chi connectivity index (χ0n) is 17.6. The predicted octanol–water partition coefficient (Wildman–Crippen LogP) is 4.10. The van der Waals surface area contributed by atoms with Crippen molar-refractivity contribution in [3.05, 3.63) is 89.0 Å². The number of carbonyl (C=O) groups excluding carboxylic acids is 1. The van der Waals surface area contributed by atoms with Gasteiger partial charge in [-0.15, -0.1) is 0 Å². The molecule has 0 unspecified atom stereocenters. The monoisotopic (exact) mass is 431 g/mol. The number of nitrogens with zero attached hydrogens (tertiary/aromatic N) is 3. The summed E-state index contributed by atoms with van der Waals surface area (Å²) in [5, 5.41) is 17.1. The average Bonchev–Trinajstić information content (AvgIpc) is 2.81. The topological polar surface area (TPSA) is 90.8 Å². The number of hydrogen-bond donors (Lipinski definition) is 2.